The van der Waals surface area contributed by atoms with Crippen LogP contribution in [0, 0.1) is 6.92 Å². The lowest BCUT2D eigenvalue weighted by atomic mass is 9.94. The minimum Gasteiger partial charge on any atom is -0.481 e. The third-order valence-electron chi connectivity index (χ3n) is 4.18. The largest absolute Gasteiger partial charge is 0.481 e. The van der Waals surface area contributed by atoms with Crippen molar-refractivity contribution in [2.24, 2.45) is 0 Å². The Balaban J connectivity index is 1.79. The Hall–Kier alpha value is -2.67. The van der Waals surface area contributed by atoms with Crippen LogP contribution in [0.1, 0.15) is 28.8 Å². The molecule has 0 bridgehead atoms. The van der Waals surface area contributed by atoms with Crippen LogP contribution < -0.4 is 5.32 Å². The molecule has 126 valence electrons. The quantitative estimate of drug-likeness (QED) is 0.868. The molecule has 0 spiro atoms. The maximum atomic E-state index is 12.5. The minimum atomic E-state index is -0.962. The summed E-state index contributed by atoms with van der Waals surface area (Å²) in [5.74, 6) is -1.31. The number of para-hydroxylation sites is 1. The summed E-state index contributed by atoms with van der Waals surface area (Å²) in [6.45, 7) is 2.61. The monoisotopic (exact) mass is 329 g/mol. The molecule has 7 heteroatoms. The van der Waals surface area contributed by atoms with Gasteiger partial charge in [-0.25, -0.2) is 4.68 Å². The average molecular weight is 329 g/mol. The van der Waals surface area contributed by atoms with Crippen LogP contribution in [0.3, 0.4) is 0 Å². The third kappa shape index (κ3) is 3.30. The van der Waals surface area contributed by atoms with Crippen molar-refractivity contribution in [1.29, 1.82) is 0 Å². The standard InChI is InChI=1S/C17H19N3O4/c1-12-4-2-3-5-14(12)20-10-13(9-18-20)16(23)19-17(8-15(21)22)6-7-24-11-17/h2-5,9-10H,6-8,11H2,1H3,(H,19,23)(H,21,22). The molecule has 7 nitrogen and oxygen atoms in total. The van der Waals surface area contributed by atoms with Gasteiger partial charge in [0.25, 0.3) is 5.91 Å². The Labute approximate surface area is 139 Å². The minimum absolute atomic E-state index is 0.162. The topological polar surface area (TPSA) is 93.5 Å². The molecule has 1 aliphatic heterocycles. The van der Waals surface area contributed by atoms with Gasteiger partial charge in [-0.2, -0.15) is 5.10 Å². The van der Waals surface area contributed by atoms with Crippen molar-refractivity contribution in [2.45, 2.75) is 25.3 Å². The smallest absolute Gasteiger partial charge is 0.305 e. The molecule has 1 saturated heterocycles. The van der Waals surface area contributed by atoms with Gasteiger partial charge in [0, 0.05) is 12.8 Å². The highest BCUT2D eigenvalue weighted by Crippen LogP contribution is 2.23. The van der Waals surface area contributed by atoms with E-state index in [0.717, 1.165) is 11.3 Å². The van der Waals surface area contributed by atoms with E-state index in [1.165, 1.54) is 6.20 Å². The van der Waals surface area contributed by atoms with Crippen LogP contribution in [-0.2, 0) is 9.53 Å². The normalized spacial score (nSPS) is 20.0. The van der Waals surface area contributed by atoms with Crippen LogP contribution in [-0.4, -0.2) is 45.5 Å². The van der Waals surface area contributed by atoms with E-state index >= 15 is 0 Å². The van der Waals surface area contributed by atoms with Crippen LogP contribution in [0.25, 0.3) is 5.69 Å². The van der Waals surface area contributed by atoms with E-state index in [1.54, 1.807) is 10.9 Å². The number of carboxylic acid groups (broad SMARTS) is 1. The Kier molecular flexibility index (Phi) is 4.35. The lowest BCUT2D eigenvalue weighted by Gasteiger charge is -2.26. The first kappa shape index (κ1) is 16.2. The molecule has 0 radical (unpaired) electrons. The second-order valence-electron chi connectivity index (χ2n) is 6.07. The van der Waals surface area contributed by atoms with Crippen LogP contribution >= 0.6 is 0 Å². The van der Waals surface area contributed by atoms with E-state index in [-0.39, 0.29) is 18.9 Å². The highest BCUT2D eigenvalue weighted by molar-refractivity contribution is 5.94. The van der Waals surface area contributed by atoms with Gasteiger partial charge in [0.2, 0.25) is 0 Å². The molecule has 2 N–H and O–H groups in total. The molecule has 1 aliphatic rings. The Morgan fingerprint density at radius 1 is 1.42 bits per heavy atom. The summed E-state index contributed by atoms with van der Waals surface area (Å²) in [7, 11) is 0. The second-order valence-corrected chi connectivity index (χ2v) is 6.07. The van der Waals surface area contributed by atoms with Gasteiger partial charge in [0.1, 0.15) is 0 Å². The van der Waals surface area contributed by atoms with E-state index < -0.39 is 11.5 Å². The molecule has 1 unspecified atom stereocenters. The summed E-state index contributed by atoms with van der Waals surface area (Å²) in [6.07, 6.45) is 3.44. The zero-order chi connectivity index (χ0) is 17.2. The number of carbonyl (C=O) groups is 2. The maximum absolute atomic E-state index is 12.5. The van der Waals surface area contributed by atoms with Gasteiger partial charge in [-0.15, -0.1) is 0 Å². The van der Waals surface area contributed by atoms with E-state index in [0.29, 0.717) is 18.6 Å². The molecular formula is C17H19N3O4. The van der Waals surface area contributed by atoms with Crippen molar-refractivity contribution in [1.82, 2.24) is 15.1 Å². The number of benzene rings is 1. The van der Waals surface area contributed by atoms with Crippen LogP contribution in [0.4, 0.5) is 0 Å². The highest BCUT2D eigenvalue weighted by atomic mass is 16.5. The Morgan fingerprint density at radius 2 is 2.21 bits per heavy atom. The van der Waals surface area contributed by atoms with Gasteiger partial charge < -0.3 is 15.2 Å². The number of nitrogens with one attached hydrogen (secondary N) is 1. The van der Waals surface area contributed by atoms with Gasteiger partial charge in [-0.1, -0.05) is 18.2 Å². The van der Waals surface area contributed by atoms with Gasteiger partial charge >= 0.3 is 5.97 Å². The molecule has 1 amide bonds. The summed E-state index contributed by atoms with van der Waals surface area (Å²) in [6, 6.07) is 7.72. The van der Waals surface area contributed by atoms with Crippen LogP contribution in [0.15, 0.2) is 36.7 Å². The SMILES string of the molecule is Cc1ccccc1-n1cc(C(=O)NC2(CC(=O)O)CCOC2)cn1. The molecule has 1 aromatic carbocycles. The van der Waals surface area contributed by atoms with Gasteiger partial charge in [-0.3, -0.25) is 9.59 Å². The second kappa shape index (κ2) is 6.45. The van der Waals surface area contributed by atoms with Crippen molar-refractivity contribution in [2.75, 3.05) is 13.2 Å². The Bertz CT molecular complexity index is 763. The number of hydrogen-bond donors (Lipinski definition) is 2. The van der Waals surface area contributed by atoms with Crippen LogP contribution in [0.5, 0.6) is 0 Å². The van der Waals surface area contributed by atoms with Gasteiger partial charge in [0.15, 0.2) is 0 Å². The van der Waals surface area contributed by atoms with Gasteiger partial charge in [0.05, 0.1) is 36.0 Å². The number of amides is 1. The Morgan fingerprint density at radius 3 is 2.88 bits per heavy atom. The first-order chi connectivity index (χ1) is 11.5. The van der Waals surface area contributed by atoms with E-state index in [9.17, 15) is 9.59 Å². The van der Waals surface area contributed by atoms with Crippen molar-refractivity contribution in [3.8, 4) is 5.69 Å². The summed E-state index contributed by atoms with van der Waals surface area (Å²) < 4.78 is 6.93. The first-order valence-corrected chi connectivity index (χ1v) is 7.72. The van der Waals surface area contributed by atoms with Crippen molar-refractivity contribution in [3.05, 3.63) is 47.8 Å². The molecule has 1 atom stereocenters. The molecule has 1 aromatic heterocycles. The lowest BCUT2D eigenvalue weighted by Crippen LogP contribution is -2.50. The average Bonchev–Trinajstić information content (AvgIpc) is 3.17. The number of aryl methyl sites for hydroxylation is 1. The molecule has 24 heavy (non-hydrogen) atoms. The number of aromatic nitrogens is 2. The fraction of sp³-hybridized carbons (Fsp3) is 0.353. The molecule has 0 aliphatic carbocycles. The molecule has 0 saturated carbocycles. The van der Waals surface area contributed by atoms with Gasteiger partial charge in [-0.05, 0) is 25.0 Å². The fourth-order valence-electron chi connectivity index (χ4n) is 2.88. The predicted octanol–water partition coefficient (Wildman–Crippen LogP) is 1.54. The third-order valence-corrected chi connectivity index (χ3v) is 4.18. The summed E-state index contributed by atoms with van der Waals surface area (Å²) in [5, 5.41) is 16.1. The maximum Gasteiger partial charge on any atom is 0.305 e. The number of ether oxygens (including phenoxy) is 1. The fourth-order valence-corrected chi connectivity index (χ4v) is 2.88. The van der Waals surface area contributed by atoms with Crippen molar-refractivity contribution >= 4 is 11.9 Å². The van der Waals surface area contributed by atoms with E-state index in [4.69, 9.17) is 9.84 Å². The number of hydrogen-bond acceptors (Lipinski definition) is 4. The highest BCUT2D eigenvalue weighted by Gasteiger charge is 2.39. The zero-order valence-corrected chi connectivity index (χ0v) is 13.4. The van der Waals surface area contributed by atoms with E-state index in [2.05, 4.69) is 10.4 Å². The zero-order valence-electron chi connectivity index (χ0n) is 13.4. The lowest BCUT2D eigenvalue weighted by molar-refractivity contribution is -0.138. The first-order valence-electron chi connectivity index (χ1n) is 7.72. The predicted molar refractivity (Wildman–Crippen MR) is 86.2 cm³/mol. The number of carbonyl (C=O) groups excluding carboxylic acids is 1. The molecule has 1 fully saturated rings. The number of aliphatic carboxylic acids is 1. The van der Waals surface area contributed by atoms with Crippen molar-refractivity contribution < 1.29 is 19.4 Å². The molecular weight excluding hydrogens is 310 g/mol. The molecule has 2 aromatic rings. The summed E-state index contributed by atoms with van der Waals surface area (Å²) in [5.41, 5.74) is 1.46. The number of carboxylic acids is 1. The molecule has 2 heterocycles. The van der Waals surface area contributed by atoms with Crippen molar-refractivity contribution in [3.63, 3.8) is 0 Å². The number of rotatable bonds is 5. The summed E-state index contributed by atoms with van der Waals surface area (Å²) in [4.78, 5) is 23.6. The molecule has 3 rings (SSSR count). The van der Waals surface area contributed by atoms with Crippen LogP contribution in [0.2, 0.25) is 0 Å². The summed E-state index contributed by atoms with van der Waals surface area (Å²) >= 11 is 0. The number of nitrogens with zero attached hydrogens (tertiary/aromatic N) is 2. The van der Waals surface area contributed by atoms with E-state index in [1.807, 2.05) is 31.2 Å².